The number of carbonyl (C=O) groups is 2. The van der Waals surface area contributed by atoms with Gasteiger partial charge in [-0.3, -0.25) is 14.5 Å². The van der Waals surface area contributed by atoms with Gasteiger partial charge in [0.05, 0.1) is 29.4 Å². The van der Waals surface area contributed by atoms with Gasteiger partial charge in [0, 0.05) is 41.6 Å². The van der Waals surface area contributed by atoms with E-state index in [2.05, 4.69) is 4.90 Å². The third kappa shape index (κ3) is 6.36. The zero-order valence-corrected chi connectivity index (χ0v) is 24.0. The Balaban J connectivity index is 1.82. The summed E-state index contributed by atoms with van der Waals surface area (Å²) in [4.78, 5) is 30.3. The van der Waals surface area contributed by atoms with Gasteiger partial charge in [-0.1, -0.05) is 61.3 Å². The van der Waals surface area contributed by atoms with Crippen LogP contribution in [-0.4, -0.2) is 72.4 Å². The number of nitrogens with zero attached hydrogens (tertiary/aromatic N) is 2. The molecule has 4 atom stereocenters. The SMILES string of the molecule is CC[C@@H](CN1CCS(=O)(=O)CC1)N1C(=O)[C@](C)(CC(=O)O)C[C@H](c2cccc(Cl)c2)[C@H]1c1ccc(Cl)cc1. The topological polar surface area (TPSA) is 95.0 Å². The normalized spacial score (nSPS) is 26.7. The van der Waals surface area contributed by atoms with Crippen molar-refractivity contribution >= 4 is 44.9 Å². The molecule has 0 aromatic heterocycles. The number of hydrogen-bond acceptors (Lipinski definition) is 5. The number of carboxylic acids is 1. The van der Waals surface area contributed by atoms with E-state index >= 15 is 0 Å². The predicted octanol–water partition coefficient (Wildman–Crippen LogP) is 5.04. The van der Waals surface area contributed by atoms with Crippen molar-refractivity contribution in [3.63, 3.8) is 0 Å². The maximum Gasteiger partial charge on any atom is 0.304 e. The van der Waals surface area contributed by atoms with Gasteiger partial charge in [0.25, 0.3) is 0 Å². The highest BCUT2D eigenvalue weighted by atomic mass is 35.5. The van der Waals surface area contributed by atoms with E-state index in [1.807, 2.05) is 42.2 Å². The molecule has 0 radical (unpaired) electrons. The van der Waals surface area contributed by atoms with E-state index in [1.54, 1.807) is 25.1 Å². The number of amides is 1. The van der Waals surface area contributed by atoms with Crippen molar-refractivity contribution in [3.8, 4) is 0 Å². The Bertz CT molecular complexity index is 1270. The lowest BCUT2D eigenvalue weighted by Crippen LogP contribution is -2.59. The molecule has 7 nitrogen and oxygen atoms in total. The predicted molar refractivity (Wildman–Crippen MR) is 149 cm³/mol. The van der Waals surface area contributed by atoms with Gasteiger partial charge in [-0.15, -0.1) is 0 Å². The minimum Gasteiger partial charge on any atom is -0.481 e. The van der Waals surface area contributed by atoms with Crippen molar-refractivity contribution in [2.24, 2.45) is 5.41 Å². The van der Waals surface area contributed by atoms with E-state index < -0.39 is 21.2 Å². The molecule has 38 heavy (non-hydrogen) atoms. The number of carbonyl (C=O) groups excluding carboxylic acids is 1. The molecule has 2 aliphatic heterocycles. The third-order valence-electron chi connectivity index (χ3n) is 7.90. The second-order valence-corrected chi connectivity index (χ2v) is 13.9. The quantitative estimate of drug-likeness (QED) is 0.470. The number of hydrogen-bond donors (Lipinski definition) is 1. The fourth-order valence-electron chi connectivity index (χ4n) is 5.93. The molecule has 2 aromatic carbocycles. The molecule has 0 bridgehead atoms. The Hall–Kier alpha value is -2.13. The van der Waals surface area contributed by atoms with E-state index in [4.69, 9.17) is 23.2 Å². The van der Waals surface area contributed by atoms with Crippen LogP contribution in [0.25, 0.3) is 0 Å². The van der Waals surface area contributed by atoms with Gasteiger partial charge in [-0.25, -0.2) is 8.42 Å². The van der Waals surface area contributed by atoms with Crippen LogP contribution in [0.15, 0.2) is 48.5 Å². The molecule has 0 saturated carbocycles. The zero-order valence-electron chi connectivity index (χ0n) is 21.6. The molecule has 1 amide bonds. The van der Waals surface area contributed by atoms with Gasteiger partial charge < -0.3 is 10.0 Å². The summed E-state index contributed by atoms with van der Waals surface area (Å²) >= 11 is 12.6. The summed E-state index contributed by atoms with van der Waals surface area (Å²) in [5.41, 5.74) is 0.718. The molecular weight excluding hydrogens is 547 g/mol. The fourth-order valence-corrected chi connectivity index (χ4v) is 7.53. The van der Waals surface area contributed by atoms with Crippen molar-refractivity contribution in [1.82, 2.24) is 9.80 Å². The van der Waals surface area contributed by atoms with Crippen LogP contribution in [0.2, 0.25) is 10.0 Å². The van der Waals surface area contributed by atoms with Crippen LogP contribution in [-0.2, 0) is 19.4 Å². The number of aliphatic carboxylic acids is 1. The van der Waals surface area contributed by atoms with Crippen LogP contribution in [0.5, 0.6) is 0 Å². The second kappa shape index (κ2) is 11.5. The van der Waals surface area contributed by atoms with Gasteiger partial charge in [0.2, 0.25) is 5.91 Å². The van der Waals surface area contributed by atoms with E-state index in [1.165, 1.54) is 0 Å². The number of benzene rings is 2. The molecular formula is C28H34Cl2N2O5S. The first-order chi connectivity index (χ1) is 17.9. The van der Waals surface area contributed by atoms with Crippen LogP contribution < -0.4 is 0 Å². The Morgan fingerprint density at radius 2 is 1.74 bits per heavy atom. The van der Waals surface area contributed by atoms with E-state index in [-0.39, 0.29) is 41.8 Å². The minimum absolute atomic E-state index is 0.0971. The Kier molecular flexibility index (Phi) is 8.77. The largest absolute Gasteiger partial charge is 0.481 e. The number of carboxylic acid groups (broad SMARTS) is 1. The highest BCUT2D eigenvalue weighted by Gasteiger charge is 2.52. The fraction of sp³-hybridized carbons (Fsp3) is 0.500. The molecule has 2 fully saturated rings. The monoisotopic (exact) mass is 580 g/mol. The van der Waals surface area contributed by atoms with E-state index in [0.29, 0.717) is 42.5 Å². The standard InChI is InChI=1S/C28H34Cl2N2O5S/c1-3-23(18-31-11-13-38(36,37)14-12-31)32-26(19-7-9-21(29)10-8-19)24(20-5-4-6-22(30)15-20)16-28(2,27(32)35)17-25(33)34/h4-10,15,23-24,26H,3,11-14,16-18H2,1-2H3,(H,33,34)/t23-,24+,26+,28-/m0/s1. The smallest absolute Gasteiger partial charge is 0.304 e. The van der Waals surface area contributed by atoms with Crippen molar-refractivity contribution < 1.29 is 23.1 Å². The average molecular weight is 582 g/mol. The van der Waals surface area contributed by atoms with Gasteiger partial charge in [0.1, 0.15) is 0 Å². The molecule has 0 aliphatic carbocycles. The van der Waals surface area contributed by atoms with Crippen LogP contribution in [0.1, 0.15) is 56.2 Å². The molecule has 0 unspecified atom stereocenters. The van der Waals surface area contributed by atoms with Crippen molar-refractivity contribution in [2.45, 2.75) is 51.1 Å². The molecule has 10 heteroatoms. The Morgan fingerprint density at radius 3 is 2.32 bits per heavy atom. The van der Waals surface area contributed by atoms with Crippen LogP contribution >= 0.6 is 23.2 Å². The first-order valence-corrected chi connectivity index (χ1v) is 15.5. The van der Waals surface area contributed by atoms with Crippen molar-refractivity contribution in [1.29, 1.82) is 0 Å². The van der Waals surface area contributed by atoms with Gasteiger partial charge in [-0.2, -0.15) is 0 Å². The summed E-state index contributed by atoms with van der Waals surface area (Å²) in [5.74, 6) is -1.24. The molecule has 2 aromatic rings. The highest BCUT2D eigenvalue weighted by molar-refractivity contribution is 7.91. The van der Waals surface area contributed by atoms with E-state index in [9.17, 15) is 23.1 Å². The Morgan fingerprint density at radius 1 is 1.08 bits per heavy atom. The Labute approximate surface area is 234 Å². The van der Waals surface area contributed by atoms with Crippen molar-refractivity contribution in [3.05, 3.63) is 69.7 Å². The molecule has 0 spiro atoms. The second-order valence-electron chi connectivity index (χ2n) is 10.7. The molecule has 4 rings (SSSR count). The molecule has 206 valence electrons. The lowest BCUT2D eigenvalue weighted by atomic mass is 9.67. The molecule has 1 N–H and O–H groups in total. The number of halogens is 2. The third-order valence-corrected chi connectivity index (χ3v) is 10.00. The summed E-state index contributed by atoms with van der Waals surface area (Å²) in [6.07, 6.45) is 0.691. The maximum atomic E-state index is 14.3. The summed E-state index contributed by atoms with van der Waals surface area (Å²) in [6, 6.07) is 14.4. The van der Waals surface area contributed by atoms with E-state index in [0.717, 1.165) is 11.1 Å². The number of rotatable bonds is 8. The summed E-state index contributed by atoms with van der Waals surface area (Å²) in [6.45, 7) is 5.09. The number of piperidine rings is 1. The van der Waals surface area contributed by atoms with Crippen LogP contribution in [0.4, 0.5) is 0 Å². The van der Waals surface area contributed by atoms with Crippen LogP contribution in [0.3, 0.4) is 0 Å². The highest BCUT2D eigenvalue weighted by Crippen LogP contribution is 2.52. The minimum atomic E-state index is -3.05. The maximum absolute atomic E-state index is 14.3. The first-order valence-electron chi connectivity index (χ1n) is 12.9. The van der Waals surface area contributed by atoms with Gasteiger partial charge in [0.15, 0.2) is 9.84 Å². The lowest BCUT2D eigenvalue weighted by molar-refractivity contribution is -0.161. The zero-order chi connectivity index (χ0) is 27.7. The summed E-state index contributed by atoms with van der Waals surface area (Å²) in [5, 5.41) is 10.9. The van der Waals surface area contributed by atoms with Crippen molar-refractivity contribution in [2.75, 3.05) is 31.1 Å². The average Bonchev–Trinajstić information content (AvgIpc) is 2.85. The molecule has 2 aliphatic rings. The van der Waals surface area contributed by atoms with Crippen LogP contribution in [0, 0.1) is 5.41 Å². The molecule has 2 heterocycles. The summed E-state index contributed by atoms with van der Waals surface area (Å²) < 4.78 is 24.0. The lowest BCUT2D eigenvalue weighted by Gasteiger charge is -2.52. The number of sulfone groups is 1. The molecule has 2 saturated heterocycles. The first kappa shape index (κ1) is 28.9. The van der Waals surface area contributed by atoms with Gasteiger partial charge >= 0.3 is 5.97 Å². The summed E-state index contributed by atoms with van der Waals surface area (Å²) in [7, 11) is -3.05. The van der Waals surface area contributed by atoms with Gasteiger partial charge in [-0.05, 0) is 48.2 Å². The number of likely N-dealkylation sites (tertiary alicyclic amines) is 1.